The van der Waals surface area contributed by atoms with Crippen molar-refractivity contribution in [2.45, 2.75) is 25.4 Å². The van der Waals surface area contributed by atoms with Crippen LogP contribution in [0.4, 0.5) is 0 Å². The van der Waals surface area contributed by atoms with Gasteiger partial charge in [-0.15, -0.1) is 0 Å². The summed E-state index contributed by atoms with van der Waals surface area (Å²) in [4.78, 5) is 11.2. The molecule has 1 N–H and O–H groups in total. The third-order valence-corrected chi connectivity index (χ3v) is 12.0. The second kappa shape index (κ2) is 13.5. The largest absolute Gasteiger partial charge is 0.456 e. The topological polar surface area (TPSA) is 54.8 Å². The Morgan fingerprint density at radius 3 is 1.90 bits per heavy atom. The molecule has 1 aliphatic heterocycles. The van der Waals surface area contributed by atoms with Crippen LogP contribution in [0.3, 0.4) is 0 Å². The molecule has 5 heteroatoms. The molecule has 2 aromatic heterocycles. The van der Waals surface area contributed by atoms with Gasteiger partial charge in [-0.3, -0.25) is 0 Å². The van der Waals surface area contributed by atoms with Gasteiger partial charge in [0, 0.05) is 50.2 Å². The van der Waals surface area contributed by atoms with Crippen LogP contribution in [-0.4, -0.2) is 16.2 Å². The Kier molecular flexibility index (Phi) is 7.90. The number of aliphatic imine (C=N–C) groups is 2. The summed E-state index contributed by atoms with van der Waals surface area (Å²) in [5.74, 6) is 1.94. The zero-order chi connectivity index (χ0) is 38.8. The van der Waals surface area contributed by atoms with Crippen molar-refractivity contribution in [2.75, 3.05) is 0 Å². The van der Waals surface area contributed by atoms with Gasteiger partial charge in [-0.05, 0) is 59.9 Å². The Bertz CT molecular complexity index is 3110. The number of rotatable bonds is 6. The van der Waals surface area contributed by atoms with Gasteiger partial charge in [0.15, 0.2) is 5.66 Å². The summed E-state index contributed by atoms with van der Waals surface area (Å²) >= 11 is 0. The van der Waals surface area contributed by atoms with E-state index in [1.165, 1.54) is 27.5 Å². The summed E-state index contributed by atoms with van der Waals surface area (Å²) in [5, 5.41) is 8.21. The van der Waals surface area contributed by atoms with Crippen molar-refractivity contribution in [3.63, 3.8) is 0 Å². The number of benzene rings is 7. The number of hydrogen-bond acceptors (Lipinski definition) is 4. The third kappa shape index (κ3) is 5.53. The molecular weight excluding hydrogens is 709 g/mol. The highest BCUT2D eigenvalue weighted by atomic mass is 16.3. The molecule has 278 valence electrons. The van der Waals surface area contributed by atoms with Crippen molar-refractivity contribution in [2.24, 2.45) is 15.9 Å². The smallest absolute Gasteiger partial charge is 0.179 e. The molecule has 9 aromatic rings. The number of nitrogens with zero attached hydrogens (tertiary/aromatic N) is 3. The van der Waals surface area contributed by atoms with E-state index in [9.17, 15) is 0 Å². The van der Waals surface area contributed by atoms with Crippen LogP contribution in [0.5, 0.6) is 0 Å². The molecule has 2 aliphatic rings. The van der Waals surface area contributed by atoms with Gasteiger partial charge in [-0.2, -0.15) is 0 Å². The number of para-hydroxylation sites is 2. The van der Waals surface area contributed by atoms with Crippen molar-refractivity contribution >= 4 is 61.0 Å². The Hall–Kier alpha value is -7.24. The first-order chi connectivity index (χ1) is 28.5. The molecule has 5 nitrogen and oxygen atoms in total. The van der Waals surface area contributed by atoms with Gasteiger partial charge in [0.25, 0.3) is 0 Å². The molecule has 7 aromatic carbocycles. The van der Waals surface area contributed by atoms with Crippen LogP contribution < -0.4 is 5.32 Å². The van der Waals surface area contributed by atoms with E-state index >= 15 is 0 Å². The summed E-state index contributed by atoms with van der Waals surface area (Å²) in [7, 11) is 0. The zero-order valence-corrected chi connectivity index (χ0v) is 32.3. The second-order valence-corrected chi connectivity index (χ2v) is 15.6. The number of amidine groups is 2. The molecule has 11 rings (SSSR count). The lowest BCUT2D eigenvalue weighted by Crippen LogP contribution is -2.41. The van der Waals surface area contributed by atoms with Crippen LogP contribution in [0.15, 0.2) is 202 Å². The standard InChI is InChI=1S/C53H40N4O/c1-34-17-16-26-39(35-18-6-3-7-19-35)50(34)38-29-30-46(44(31-38)53(2)55-51(36-20-8-4-9-21-36)54-52(56-53)37-22-10-5-11-23-37)57-45-27-14-12-24-40(45)42-32-43-41-25-13-15-28-48(41)58-49(43)33-47(42)57/h3-34,50H,1-2H3,(H,54,55,56). The van der Waals surface area contributed by atoms with Gasteiger partial charge in [-0.25, -0.2) is 9.98 Å². The minimum absolute atomic E-state index is 0.119. The molecule has 2 unspecified atom stereocenters. The summed E-state index contributed by atoms with van der Waals surface area (Å²) < 4.78 is 8.93. The summed E-state index contributed by atoms with van der Waals surface area (Å²) in [6.45, 7) is 4.48. The Morgan fingerprint density at radius 2 is 1.19 bits per heavy atom. The maximum atomic E-state index is 6.53. The number of nitrogens with one attached hydrogen (secondary N) is 1. The number of fused-ring (bicyclic) bond motifs is 6. The normalized spacial score (nSPS) is 17.7. The van der Waals surface area contributed by atoms with E-state index in [1.54, 1.807) is 0 Å². The molecule has 0 saturated heterocycles. The summed E-state index contributed by atoms with van der Waals surface area (Å²) in [6.07, 6.45) is 6.80. The van der Waals surface area contributed by atoms with Gasteiger partial charge in [0.2, 0.25) is 0 Å². The van der Waals surface area contributed by atoms with Gasteiger partial charge in [-0.1, -0.05) is 159 Å². The first kappa shape index (κ1) is 34.0. The fourth-order valence-corrected chi connectivity index (χ4v) is 9.20. The summed E-state index contributed by atoms with van der Waals surface area (Å²) in [5.41, 5.74) is 10.7. The van der Waals surface area contributed by atoms with Crippen molar-refractivity contribution in [1.82, 2.24) is 9.88 Å². The molecule has 0 spiro atoms. The molecule has 3 heterocycles. The van der Waals surface area contributed by atoms with Crippen molar-refractivity contribution < 1.29 is 4.42 Å². The zero-order valence-electron chi connectivity index (χ0n) is 32.3. The second-order valence-electron chi connectivity index (χ2n) is 15.6. The maximum absolute atomic E-state index is 6.53. The van der Waals surface area contributed by atoms with Gasteiger partial charge in [0.1, 0.15) is 22.8 Å². The van der Waals surface area contributed by atoms with Crippen molar-refractivity contribution in [3.8, 4) is 5.69 Å². The Labute approximate surface area is 337 Å². The molecule has 1 aliphatic carbocycles. The Morgan fingerprint density at radius 1 is 0.569 bits per heavy atom. The van der Waals surface area contributed by atoms with Crippen LogP contribution in [0.1, 0.15) is 47.6 Å². The predicted octanol–water partition coefficient (Wildman–Crippen LogP) is 12.7. The lowest BCUT2D eigenvalue weighted by Gasteiger charge is -2.34. The van der Waals surface area contributed by atoms with Crippen LogP contribution in [0.2, 0.25) is 0 Å². The first-order valence-electron chi connectivity index (χ1n) is 20.0. The minimum Gasteiger partial charge on any atom is -0.456 e. The average Bonchev–Trinajstić information content (AvgIpc) is 3.80. The lowest BCUT2D eigenvalue weighted by atomic mass is 9.75. The highest BCUT2D eigenvalue weighted by Gasteiger charge is 2.36. The van der Waals surface area contributed by atoms with Crippen LogP contribution in [0, 0.1) is 5.92 Å². The molecule has 0 bridgehead atoms. The average molecular weight is 749 g/mol. The number of hydrogen-bond donors (Lipinski definition) is 1. The van der Waals surface area contributed by atoms with E-state index in [4.69, 9.17) is 14.4 Å². The lowest BCUT2D eigenvalue weighted by molar-refractivity contribution is 0.514. The van der Waals surface area contributed by atoms with Crippen molar-refractivity contribution in [3.05, 3.63) is 216 Å². The highest BCUT2D eigenvalue weighted by molar-refractivity contribution is 6.18. The van der Waals surface area contributed by atoms with Gasteiger partial charge >= 0.3 is 0 Å². The molecule has 0 fully saturated rings. The van der Waals surface area contributed by atoms with E-state index in [2.05, 4.69) is 188 Å². The first-order valence-corrected chi connectivity index (χ1v) is 20.0. The van der Waals surface area contributed by atoms with E-state index in [0.717, 1.165) is 67.0 Å². The molecule has 0 amide bonds. The fraction of sp³-hybridized carbons (Fsp3) is 0.0943. The van der Waals surface area contributed by atoms with Gasteiger partial charge in [0.05, 0.1) is 16.7 Å². The highest BCUT2D eigenvalue weighted by Crippen LogP contribution is 2.46. The van der Waals surface area contributed by atoms with Crippen LogP contribution in [0.25, 0.3) is 55.0 Å². The third-order valence-electron chi connectivity index (χ3n) is 12.0. The van der Waals surface area contributed by atoms with Crippen LogP contribution in [-0.2, 0) is 5.66 Å². The number of furan rings is 1. The van der Waals surface area contributed by atoms with E-state index in [-0.39, 0.29) is 11.8 Å². The predicted molar refractivity (Wildman–Crippen MR) is 240 cm³/mol. The fourth-order valence-electron chi connectivity index (χ4n) is 9.20. The number of allylic oxidation sites excluding steroid dienone is 4. The van der Waals surface area contributed by atoms with Crippen molar-refractivity contribution in [1.29, 1.82) is 0 Å². The van der Waals surface area contributed by atoms with E-state index in [0.29, 0.717) is 0 Å². The molecule has 0 radical (unpaired) electrons. The maximum Gasteiger partial charge on any atom is 0.179 e. The SMILES string of the molecule is CC1C=CC=C(c2ccccc2)C1c1ccc(-n2c3ccccc3c3cc4c(cc32)oc2ccccc24)c(C2(C)N=C(c3ccccc3)NC(c3ccccc3)=N2)c1. The molecular formula is C53H40N4O. The molecule has 0 saturated carbocycles. The Balaban J connectivity index is 1.22. The molecule has 2 atom stereocenters. The van der Waals surface area contributed by atoms with E-state index in [1.807, 2.05) is 24.3 Å². The van der Waals surface area contributed by atoms with Crippen LogP contribution >= 0.6 is 0 Å². The van der Waals surface area contributed by atoms with Gasteiger partial charge < -0.3 is 14.3 Å². The molecule has 58 heavy (non-hydrogen) atoms. The monoisotopic (exact) mass is 748 g/mol. The number of aromatic nitrogens is 1. The van der Waals surface area contributed by atoms with E-state index < -0.39 is 5.66 Å². The summed E-state index contributed by atoms with van der Waals surface area (Å²) in [6, 6.07) is 60.1. The quantitative estimate of drug-likeness (QED) is 0.184. The minimum atomic E-state index is -1.03.